The highest BCUT2D eigenvalue weighted by Gasteiger charge is 2.39. The third-order valence-corrected chi connectivity index (χ3v) is 2.82. The minimum atomic E-state index is -4.22. The summed E-state index contributed by atoms with van der Waals surface area (Å²) in [7, 11) is 0. The van der Waals surface area contributed by atoms with Crippen LogP contribution in [0.4, 0.5) is 19.0 Å². The maximum atomic E-state index is 12.4. The number of rotatable bonds is 3. The molecule has 16 heavy (non-hydrogen) atoms. The Hall–Kier alpha value is -0.850. The van der Waals surface area contributed by atoms with Gasteiger partial charge in [-0.1, -0.05) is 0 Å². The third kappa shape index (κ3) is 2.84. The van der Waals surface area contributed by atoms with Gasteiger partial charge in [0, 0.05) is 12.2 Å². The molecule has 1 fully saturated rings. The lowest BCUT2D eigenvalue weighted by Gasteiger charge is -2.25. The molecule has 0 bridgehead atoms. The van der Waals surface area contributed by atoms with Crippen molar-refractivity contribution in [2.24, 2.45) is 0 Å². The smallest absolute Gasteiger partial charge is 0.343 e. The second-order valence-corrected chi connectivity index (χ2v) is 4.52. The number of alkyl halides is 3. The average Bonchev–Trinajstić information content (AvgIpc) is 2.97. The number of halogens is 4. The van der Waals surface area contributed by atoms with E-state index in [4.69, 9.17) is 0 Å². The maximum Gasteiger partial charge on any atom is 0.405 e. The fraction of sp³-hybridized carbons (Fsp3) is 0.556. The third-order valence-electron chi connectivity index (χ3n) is 2.26. The fourth-order valence-corrected chi connectivity index (χ4v) is 1.92. The van der Waals surface area contributed by atoms with Crippen LogP contribution in [0.25, 0.3) is 0 Å². The fourth-order valence-electron chi connectivity index (χ4n) is 1.47. The summed E-state index contributed by atoms with van der Waals surface area (Å²) in [5, 5.41) is 0. The molecule has 0 aromatic carbocycles. The Labute approximate surface area is 98.8 Å². The lowest BCUT2D eigenvalue weighted by atomic mass is 10.4. The first-order valence-corrected chi connectivity index (χ1v) is 5.55. The summed E-state index contributed by atoms with van der Waals surface area (Å²) in [6.45, 7) is -0.965. The Kier molecular flexibility index (Phi) is 3.05. The van der Waals surface area contributed by atoms with Gasteiger partial charge in [0.05, 0.1) is 4.47 Å². The second-order valence-electron chi connectivity index (χ2n) is 3.67. The van der Waals surface area contributed by atoms with Gasteiger partial charge in [-0.15, -0.1) is 0 Å². The van der Waals surface area contributed by atoms with Crippen LogP contribution in [-0.2, 0) is 0 Å². The highest BCUT2D eigenvalue weighted by atomic mass is 79.9. The monoisotopic (exact) mass is 295 g/mol. The van der Waals surface area contributed by atoms with E-state index in [1.54, 1.807) is 0 Å². The molecule has 0 aliphatic heterocycles. The van der Waals surface area contributed by atoms with Crippen molar-refractivity contribution in [2.75, 3.05) is 11.4 Å². The summed E-state index contributed by atoms with van der Waals surface area (Å²) >= 11 is 3.17. The Bertz CT molecular complexity index is 379. The highest BCUT2D eigenvalue weighted by molar-refractivity contribution is 9.10. The van der Waals surface area contributed by atoms with Crippen LogP contribution in [-0.4, -0.2) is 28.7 Å². The van der Waals surface area contributed by atoms with Gasteiger partial charge >= 0.3 is 6.18 Å². The zero-order valence-corrected chi connectivity index (χ0v) is 9.79. The molecular formula is C9H9BrF3N3. The zero-order valence-electron chi connectivity index (χ0n) is 8.21. The topological polar surface area (TPSA) is 29.0 Å². The largest absolute Gasteiger partial charge is 0.405 e. The molecule has 1 saturated carbocycles. The summed E-state index contributed by atoms with van der Waals surface area (Å²) in [6, 6.07) is -0.0483. The van der Waals surface area contributed by atoms with Crippen LogP contribution in [0.1, 0.15) is 12.8 Å². The summed E-state index contributed by atoms with van der Waals surface area (Å²) in [4.78, 5) is 8.91. The highest BCUT2D eigenvalue weighted by Crippen LogP contribution is 2.36. The van der Waals surface area contributed by atoms with Gasteiger partial charge in [-0.3, -0.25) is 0 Å². The number of hydrogen-bond donors (Lipinski definition) is 0. The Morgan fingerprint density at radius 3 is 2.62 bits per heavy atom. The number of hydrogen-bond acceptors (Lipinski definition) is 3. The molecule has 0 saturated heterocycles. The van der Waals surface area contributed by atoms with Crippen LogP contribution >= 0.6 is 15.9 Å². The minimum absolute atomic E-state index is 0.0483. The Morgan fingerprint density at radius 1 is 1.44 bits per heavy atom. The summed E-state index contributed by atoms with van der Waals surface area (Å²) in [6.07, 6.45) is 0.0615. The Morgan fingerprint density at radius 2 is 2.12 bits per heavy atom. The van der Waals surface area contributed by atoms with Gasteiger partial charge in [0.15, 0.2) is 0 Å². The SMILES string of the molecule is FC(F)(F)CN(c1ncncc1Br)C1CC1. The first kappa shape index (κ1) is 11.6. The zero-order chi connectivity index (χ0) is 11.8. The number of aromatic nitrogens is 2. The van der Waals surface area contributed by atoms with Gasteiger partial charge < -0.3 is 4.90 Å². The normalized spacial score (nSPS) is 16.2. The molecular weight excluding hydrogens is 287 g/mol. The molecule has 0 atom stereocenters. The van der Waals surface area contributed by atoms with Crippen LogP contribution in [0.2, 0.25) is 0 Å². The van der Waals surface area contributed by atoms with E-state index in [2.05, 4.69) is 25.9 Å². The predicted molar refractivity (Wildman–Crippen MR) is 56.2 cm³/mol. The van der Waals surface area contributed by atoms with Gasteiger partial charge in [-0.2, -0.15) is 13.2 Å². The first-order valence-electron chi connectivity index (χ1n) is 4.76. The number of anilines is 1. The summed E-state index contributed by atoms with van der Waals surface area (Å²) < 4.78 is 37.7. The van der Waals surface area contributed by atoms with Crippen molar-refractivity contribution in [1.82, 2.24) is 9.97 Å². The molecule has 1 heterocycles. The summed E-state index contributed by atoms with van der Waals surface area (Å²) in [5.74, 6) is 0.315. The van der Waals surface area contributed by atoms with Gasteiger partial charge in [0.2, 0.25) is 0 Å². The van der Waals surface area contributed by atoms with Crippen molar-refractivity contribution in [3.8, 4) is 0 Å². The van der Waals surface area contributed by atoms with E-state index < -0.39 is 12.7 Å². The standard InChI is InChI=1S/C9H9BrF3N3/c10-7-3-14-5-15-8(7)16(6-1-2-6)4-9(11,12)13/h3,5-6H,1-2,4H2. The van der Waals surface area contributed by atoms with E-state index in [0.29, 0.717) is 10.3 Å². The van der Waals surface area contributed by atoms with E-state index in [-0.39, 0.29) is 6.04 Å². The molecule has 0 amide bonds. The van der Waals surface area contributed by atoms with E-state index in [9.17, 15) is 13.2 Å². The van der Waals surface area contributed by atoms with Gasteiger partial charge in [-0.05, 0) is 28.8 Å². The van der Waals surface area contributed by atoms with Gasteiger partial charge in [0.25, 0.3) is 0 Å². The predicted octanol–water partition coefficient (Wildman–Crippen LogP) is 2.77. The lowest BCUT2D eigenvalue weighted by Crippen LogP contribution is -2.36. The van der Waals surface area contributed by atoms with E-state index >= 15 is 0 Å². The van der Waals surface area contributed by atoms with Crippen LogP contribution < -0.4 is 4.90 Å². The molecule has 1 aliphatic carbocycles. The molecule has 0 N–H and O–H groups in total. The second kappa shape index (κ2) is 4.20. The van der Waals surface area contributed by atoms with Gasteiger partial charge in [-0.25, -0.2) is 9.97 Å². The van der Waals surface area contributed by atoms with Crippen LogP contribution in [0.15, 0.2) is 17.0 Å². The van der Waals surface area contributed by atoms with Crippen molar-refractivity contribution in [3.05, 3.63) is 17.0 Å². The molecule has 1 aliphatic rings. The molecule has 88 valence electrons. The Balaban J connectivity index is 2.23. The quantitative estimate of drug-likeness (QED) is 0.859. The van der Waals surface area contributed by atoms with Crippen LogP contribution in [0, 0.1) is 0 Å². The maximum absolute atomic E-state index is 12.4. The summed E-state index contributed by atoms with van der Waals surface area (Å²) in [5.41, 5.74) is 0. The molecule has 0 radical (unpaired) electrons. The minimum Gasteiger partial charge on any atom is -0.343 e. The molecule has 1 aromatic heterocycles. The van der Waals surface area contributed by atoms with Crippen LogP contribution in [0.5, 0.6) is 0 Å². The van der Waals surface area contributed by atoms with Crippen LogP contribution in [0.3, 0.4) is 0 Å². The average molecular weight is 296 g/mol. The number of nitrogens with zero attached hydrogens (tertiary/aromatic N) is 3. The molecule has 0 unspecified atom stereocenters. The van der Waals surface area contributed by atoms with Crippen molar-refractivity contribution < 1.29 is 13.2 Å². The van der Waals surface area contributed by atoms with Crippen molar-refractivity contribution in [2.45, 2.75) is 25.1 Å². The molecule has 1 aromatic rings. The first-order chi connectivity index (χ1) is 7.47. The lowest BCUT2D eigenvalue weighted by molar-refractivity contribution is -0.120. The molecule has 0 spiro atoms. The van der Waals surface area contributed by atoms with Gasteiger partial charge in [0.1, 0.15) is 18.7 Å². The molecule has 7 heteroatoms. The van der Waals surface area contributed by atoms with Crippen molar-refractivity contribution >= 4 is 21.7 Å². The van der Waals surface area contributed by atoms with Crippen molar-refractivity contribution in [1.29, 1.82) is 0 Å². The van der Waals surface area contributed by atoms with E-state index in [1.807, 2.05) is 0 Å². The molecule has 2 rings (SSSR count). The van der Waals surface area contributed by atoms with Crippen molar-refractivity contribution in [3.63, 3.8) is 0 Å². The molecule has 3 nitrogen and oxygen atoms in total. The van der Waals surface area contributed by atoms with E-state index in [1.165, 1.54) is 17.4 Å². The van der Waals surface area contributed by atoms with E-state index in [0.717, 1.165) is 12.8 Å².